The van der Waals surface area contributed by atoms with Crippen LogP contribution in [-0.4, -0.2) is 31.7 Å². The third-order valence-electron chi connectivity index (χ3n) is 2.35. The maximum absolute atomic E-state index is 11.1. The Morgan fingerprint density at radius 1 is 1.25 bits per heavy atom. The second kappa shape index (κ2) is 3.33. The topological polar surface area (TPSA) is 70.7 Å². The number of carbonyl (C=O) groups is 1. The van der Waals surface area contributed by atoms with Crippen molar-refractivity contribution in [2.45, 2.75) is 6.92 Å². The van der Waals surface area contributed by atoms with E-state index in [1.54, 1.807) is 0 Å². The normalized spacial score (nSPS) is 10.8. The van der Waals surface area contributed by atoms with Gasteiger partial charge in [-0.15, -0.1) is 0 Å². The third-order valence-corrected chi connectivity index (χ3v) is 2.35. The molecule has 1 aromatic carbocycles. The minimum absolute atomic E-state index is 0.0680. The number of benzene rings is 1. The number of furan rings is 1. The van der Waals surface area contributed by atoms with Crippen molar-refractivity contribution in [3.63, 3.8) is 0 Å². The van der Waals surface area contributed by atoms with E-state index in [2.05, 4.69) is 0 Å². The Labute approximate surface area is 93.7 Å². The lowest BCUT2D eigenvalue weighted by Crippen LogP contribution is -2.13. The average molecular weight is 212 g/mol. The van der Waals surface area contributed by atoms with Crippen LogP contribution in [0.25, 0.3) is 11.0 Å². The predicted molar refractivity (Wildman–Crippen MR) is 60.3 cm³/mol. The van der Waals surface area contributed by atoms with Crippen molar-refractivity contribution >= 4 is 43.4 Å². The minimum Gasteiger partial charge on any atom is -0.505 e. The molecule has 16 heavy (non-hydrogen) atoms. The zero-order chi connectivity index (χ0) is 12.0. The number of phenols is 2. The van der Waals surface area contributed by atoms with Crippen LogP contribution in [0.3, 0.4) is 0 Å². The molecule has 2 N–H and O–H groups in total. The van der Waals surface area contributed by atoms with Crippen LogP contribution in [0.4, 0.5) is 0 Å². The number of fused-ring (bicyclic) bond motifs is 1. The quantitative estimate of drug-likeness (QED) is 0.384. The number of phenolic OH excluding ortho intramolecular Hbond substituents is 2. The lowest BCUT2D eigenvalue weighted by Gasteiger charge is -2.06. The van der Waals surface area contributed by atoms with Crippen LogP contribution >= 0.6 is 0 Å². The lowest BCUT2D eigenvalue weighted by atomic mass is 9.84. The number of rotatable bonds is 1. The van der Waals surface area contributed by atoms with Gasteiger partial charge in [0.15, 0.2) is 17.3 Å². The standard InChI is InChI=1S/C10H6B2O4/c1-3(13)5-2-4-6(11)8(14)9(15)7(12)10(4)16-5/h2,14-15H,1H3. The van der Waals surface area contributed by atoms with Gasteiger partial charge in [-0.05, 0) is 17.0 Å². The van der Waals surface area contributed by atoms with E-state index in [1.807, 2.05) is 0 Å². The van der Waals surface area contributed by atoms with Gasteiger partial charge in [-0.1, -0.05) is 0 Å². The van der Waals surface area contributed by atoms with E-state index < -0.39 is 11.5 Å². The van der Waals surface area contributed by atoms with Gasteiger partial charge in [0, 0.05) is 12.3 Å². The molecule has 0 unspecified atom stereocenters. The zero-order valence-corrected chi connectivity index (χ0v) is 8.44. The molecule has 0 saturated carbocycles. The Balaban J connectivity index is 2.92. The molecule has 4 nitrogen and oxygen atoms in total. The second-order valence-corrected chi connectivity index (χ2v) is 3.43. The van der Waals surface area contributed by atoms with Gasteiger partial charge in [0.2, 0.25) is 0 Å². The smallest absolute Gasteiger partial charge is 0.194 e. The summed E-state index contributed by atoms with van der Waals surface area (Å²) in [6.45, 7) is 1.32. The summed E-state index contributed by atoms with van der Waals surface area (Å²) in [5.74, 6) is -1.29. The third kappa shape index (κ3) is 1.30. The van der Waals surface area contributed by atoms with Gasteiger partial charge in [-0.2, -0.15) is 0 Å². The van der Waals surface area contributed by atoms with E-state index in [9.17, 15) is 15.0 Å². The highest BCUT2D eigenvalue weighted by Crippen LogP contribution is 2.26. The fourth-order valence-electron chi connectivity index (χ4n) is 1.45. The van der Waals surface area contributed by atoms with Gasteiger partial charge in [-0.3, -0.25) is 4.79 Å². The number of hydrogen-bond donors (Lipinski definition) is 2. The molecule has 6 heteroatoms. The molecule has 1 heterocycles. The maximum atomic E-state index is 11.1. The lowest BCUT2D eigenvalue weighted by molar-refractivity contribution is 0.0989. The monoisotopic (exact) mass is 212 g/mol. The molecular formula is C10H6B2O4. The minimum atomic E-state index is -0.547. The summed E-state index contributed by atoms with van der Waals surface area (Å²) in [6, 6.07) is 1.38. The van der Waals surface area contributed by atoms with Gasteiger partial charge in [0.1, 0.15) is 27.0 Å². The molecule has 0 aliphatic carbocycles. The molecule has 0 aliphatic heterocycles. The first-order valence-electron chi connectivity index (χ1n) is 4.46. The second-order valence-electron chi connectivity index (χ2n) is 3.43. The van der Waals surface area contributed by atoms with Crippen molar-refractivity contribution < 1.29 is 19.4 Å². The predicted octanol–water partition coefficient (Wildman–Crippen LogP) is -0.366. The molecule has 0 spiro atoms. The average Bonchev–Trinajstić information content (AvgIpc) is 2.68. The van der Waals surface area contributed by atoms with Crippen LogP contribution in [0.1, 0.15) is 17.5 Å². The van der Waals surface area contributed by atoms with Gasteiger partial charge >= 0.3 is 0 Å². The highest BCUT2D eigenvalue weighted by Gasteiger charge is 2.17. The first-order valence-corrected chi connectivity index (χ1v) is 4.46. The summed E-state index contributed by atoms with van der Waals surface area (Å²) in [5.41, 5.74) is -0.120. The summed E-state index contributed by atoms with van der Waals surface area (Å²) in [7, 11) is 11.1. The zero-order valence-electron chi connectivity index (χ0n) is 8.44. The molecule has 4 radical (unpaired) electrons. The van der Waals surface area contributed by atoms with Crippen LogP contribution in [-0.2, 0) is 0 Å². The molecule has 0 aliphatic rings. The molecule has 0 atom stereocenters. The molecular weight excluding hydrogens is 206 g/mol. The summed E-state index contributed by atoms with van der Waals surface area (Å²) in [5, 5.41) is 19.2. The molecule has 1 aromatic heterocycles. The van der Waals surface area contributed by atoms with E-state index in [0.29, 0.717) is 5.39 Å². The Kier molecular flexibility index (Phi) is 2.22. The van der Waals surface area contributed by atoms with Crippen molar-refractivity contribution in [2.24, 2.45) is 0 Å². The highest BCUT2D eigenvalue weighted by atomic mass is 16.3. The maximum Gasteiger partial charge on any atom is 0.194 e. The van der Waals surface area contributed by atoms with Crippen LogP contribution < -0.4 is 10.9 Å². The Morgan fingerprint density at radius 2 is 1.81 bits per heavy atom. The molecule has 76 valence electrons. The van der Waals surface area contributed by atoms with Crippen molar-refractivity contribution in [2.75, 3.05) is 0 Å². The summed E-state index contributed by atoms with van der Waals surface area (Å²) in [6.07, 6.45) is 0. The van der Waals surface area contributed by atoms with E-state index >= 15 is 0 Å². The van der Waals surface area contributed by atoms with E-state index in [-0.39, 0.29) is 28.1 Å². The first kappa shape index (κ1) is 10.7. The fourth-order valence-corrected chi connectivity index (χ4v) is 1.45. The SMILES string of the molecule is [B]c1c(O)c(O)c([B])c2oc(C(C)=O)cc12. The van der Waals surface area contributed by atoms with Gasteiger partial charge < -0.3 is 14.6 Å². The molecule has 0 amide bonds. The molecule has 0 fully saturated rings. The summed E-state index contributed by atoms with van der Waals surface area (Å²) >= 11 is 0. The Bertz CT molecular complexity index is 556. The van der Waals surface area contributed by atoms with Crippen molar-refractivity contribution in [3.05, 3.63) is 11.8 Å². The van der Waals surface area contributed by atoms with Crippen molar-refractivity contribution in [3.8, 4) is 11.5 Å². The van der Waals surface area contributed by atoms with Crippen molar-refractivity contribution in [1.29, 1.82) is 0 Å². The summed E-state index contributed by atoms with van der Waals surface area (Å²) in [4.78, 5) is 11.1. The Hall–Kier alpha value is -1.84. The van der Waals surface area contributed by atoms with Crippen LogP contribution in [0.2, 0.25) is 0 Å². The number of Topliss-reactive ketones (excluding diaryl/α,β-unsaturated/α-hetero) is 1. The van der Waals surface area contributed by atoms with Crippen LogP contribution in [0.5, 0.6) is 11.5 Å². The van der Waals surface area contributed by atoms with E-state index in [1.165, 1.54) is 13.0 Å². The largest absolute Gasteiger partial charge is 0.505 e. The molecule has 0 bridgehead atoms. The first-order chi connectivity index (χ1) is 7.43. The van der Waals surface area contributed by atoms with Crippen LogP contribution in [0.15, 0.2) is 10.5 Å². The number of hydrogen-bond acceptors (Lipinski definition) is 4. The Morgan fingerprint density at radius 3 is 2.38 bits per heavy atom. The van der Waals surface area contributed by atoms with Gasteiger partial charge in [0.25, 0.3) is 0 Å². The van der Waals surface area contributed by atoms with E-state index in [0.717, 1.165) is 0 Å². The fraction of sp³-hybridized carbons (Fsp3) is 0.100. The highest BCUT2D eigenvalue weighted by molar-refractivity contribution is 6.47. The molecule has 0 saturated heterocycles. The molecule has 2 rings (SSSR count). The summed E-state index contributed by atoms with van der Waals surface area (Å²) < 4.78 is 5.15. The number of aromatic hydroxyl groups is 2. The van der Waals surface area contributed by atoms with E-state index in [4.69, 9.17) is 20.1 Å². The number of ketones is 1. The van der Waals surface area contributed by atoms with Crippen LogP contribution in [0, 0.1) is 0 Å². The number of carbonyl (C=O) groups excluding carboxylic acids is 1. The van der Waals surface area contributed by atoms with Gasteiger partial charge in [0.05, 0.1) is 0 Å². The van der Waals surface area contributed by atoms with Gasteiger partial charge in [-0.25, -0.2) is 0 Å². The van der Waals surface area contributed by atoms with Crippen molar-refractivity contribution in [1.82, 2.24) is 0 Å². The molecule has 2 aromatic rings.